The summed E-state index contributed by atoms with van der Waals surface area (Å²) >= 11 is 4.34. The Kier molecular flexibility index (Phi) is 6.40. The third-order valence-electron chi connectivity index (χ3n) is 4.87. The Balaban J connectivity index is 1.73. The second kappa shape index (κ2) is 8.95. The van der Waals surface area contributed by atoms with E-state index in [-0.39, 0.29) is 11.5 Å². The molecule has 3 rings (SSSR count). The molecule has 2 aromatic carbocycles. The molecule has 0 unspecified atom stereocenters. The number of aromatic carboxylic acids is 1. The van der Waals surface area contributed by atoms with Crippen molar-refractivity contribution >= 4 is 35.9 Å². The topological polar surface area (TPSA) is 69.6 Å². The zero-order valence-electron chi connectivity index (χ0n) is 15.1. The lowest BCUT2D eigenvalue weighted by atomic mass is 10.0. The quantitative estimate of drug-likeness (QED) is 0.632. The Hall–Kier alpha value is -2.47. The molecule has 0 saturated carbocycles. The van der Waals surface area contributed by atoms with Crippen molar-refractivity contribution in [2.75, 3.05) is 23.3 Å². The monoisotopic (exact) mass is 384 g/mol. The van der Waals surface area contributed by atoms with E-state index in [0.717, 1.165) is 42.7 Å². The molecule has 0 aromatic heterocycles. The van der Waals surface area contributed by atoms with Gasteiger partial charge in [0.2, 0.25) is 5.91 Å². The van der Waals surface area contributed by atoms with E-state index in [2.05, 4.69) is 22.8 Å². The fourth-order valence-electron chi connectivity index (χ4n) is 3.42. The standard InChI is InChI=1S/C21H24N2O3S/c24-20(10-8-15-5-1-2-6-17(15)14-27)22-18-13-16(21(25)26)7-9-19(18)23-11-3-4-12-23/h1-2,5-7,9,13,27H,3-4,8,10-12,14H2,(H,22,24)(H,25,26). The van der Waals surface area contributed by atoms with Gasteiger partial charge in [-0.1, -0.05) is 24.3 Å². The Labute approximate surface area is 164 Å². The minimum atomic E-state index is -0.999. The number of carbonyl (C=O) groups excluding carboxylic acids is 1. The molecule has 1 amide bonds. The van der Waals surface area contributed by atoms with Crippen molar-refractivity contribution in [2.45, 2.75) is 31.4 Å². The van der Waals surface area contributed by atoms with Crippen LogP contribution < -0.4 is 10.2 Å². The van der Waals surface area contributed by atoms with Crippen molar-refractivity contribution in [1.29, 1.82) is 0 Å². The number of carboxylic acids is 1. The lowest BCUT2D eigenvalue weighted by molar-refractivity contribution is -0.116. The van der Waals surface area contributed by atoms with E-state index in [1.165, 1.54) is 0 Å². The first-order valence-electron chi connectivity index (χ1n) is 9.18. The van der Waals surface area contributed by atoms with Crippen LogP contribution in [0.15, 0.2) is 42.5 Å². The van der Waals surface area contributed by atoms with Crippen molar-refractivity contribution in [3.8, 4) is 0 Å². The Morgan fingerprint density at radius 2 is 1.78 bits per heavy atom. The van der Waals surface area contributed by atoms with E-state index >= 15 is 0 Å². The largest absolute Gasteiger partial charge is 0.478 e. The maximum absolute atomic E-state index is 12.5. The van der Waals surface area contributed by atoms with E-state index in [0.29, 0.717) is 24.3 Å². The Bertz CT molecular complexity index is 832. The second-order valence-electron chi connectivity index (χ2n) is 6.71. The molecule has 0 spiro atoms. The Morgan fingerprint density at radius 1 is 1.07 bits per heavy atom. The number of carbonyl (C=O) groups is 2. The van der Waals surface area contributed by atoms with Crippen molar-refractivity contribution in [2.24, 2.45) is 0 Å². The van der Waals surface area contributed by atoms with Gasteiger partial charge in [-0.15, -0.1) is 0 Å². The average molecular weight is 385 g/mol. The molecule has 0 radical (unpaired) electrons. The zero-order valence-corrected chi connectivity index (χ0v) is 16.0. The summed E-state index contributed by atoms with van der Waals surface area (Å²) in [4.78, 5) is 26.0. The fourth-order valence-corrected chi connectivity index (χ4v) is 3.73. The van der Waals surface area contributed by atoms with Crippen molar-refractivity contribution in [3.05, 3.63) is 59.2 Å². The molecule has 27 heavy (non-hydrogen) atoms. The van der Waals surface area contributed by atoms with E-state index in [1.807, 2.05) is 24.3 Å². The Morgan fingerprint density at radius 3 is 2.44 bits per heavy atom. The first-order valence-corrected chi connectivity index (χ1v) is 9.81. The SMILES string of the molecule is O=C(CCc1ccccc1CS)Nc1cc(C(=O)O)ccc1N1CCCC1. The summed E-state index contributed by atoms with van der Waals surface area (Å²) in [5, 5.41) is 12.2. The first-order chi connectivity index (χ1) is 13.1. The number of thiol groups is 1. The molecule has 6 heteroatoms. The van der Waals surface area contributed by atoms with E-state index in [1.54, 1.807) is 18.2 Å². The summed E-state index contributed by atoms with van der Waals surface area (Å²) in [5.41, 5.74) is 3.88. The number of amides is 1. The van der Waals surface area contributed by atoms with Crippen LogP contribution >= 0.6 is 12.6 Å². The van der Waals surface area contributed by atoms with Gasteiger partial charge in [0.05, 0.1) is 16.9 Å². The van der Waals surface area contributed by atoms with Crippen LogP contribution in [0.25, 0.3) is 0 Å². The van der Waals surface area contributed by atoms with Crippen LogP contribution in [0.2, 0.25) is 0 Å². The number of nitrogens with zero attached hydrogens (tertiary/aromatic N) is 1. The number of benzene rings is 2. The van der Waals surface area contributed by atoms with Crippen LogP contribution in [0.3, 0.4) is 0 Å². The molecule has 1 heterocycles. The maximum atomic E-state index is 12.5. The summed E-state index contributed by atoms with van der Waals surface area (Å²) in [7, 11) is 0. The number of hydrogen-bond acceptors (Lipinski definition) is 4. The van der Waals surface area contributed by atoms with Crippen molar-refractivity contribution in [1.82, 2.24) is 0 Å². The highest BCUT2D eigenvalue weighted by Gasteiger charge is 2.19. The molecule has 0 aliphatic carbocycles. The van der Waals surface area contributed by atoms with E-state index < -0.39 is 5.97 Å². The average Bonchev–Trinajstić information content (AvgIpc) is 3.21. The summed E-state index contributed by atoms with van der Waals surface area (Å²) in [6, 6.07) is 12.9. The third kappa shape index (κ3) is 4.83. The smallest absolute Gasteiger partial charge is 0.335 e. The van der Waals surface area contributed by atoms with E-state index in [4.69, 9.17) is 0 Å². The number of carboxylic acid groups (broad SMARTS) is 1. The van der Waals surface area contributed by atoms with E-state index in [9.17, 15) is 14.7 Å². The zero-order chi connectivity index (χ0) is 19.2. The number of anilines is 2. The molecule has 0 bridgehead atoms. The van der Waals surface area contributed by atoms with Gasteiger partial charge in [-0.3, -0.25) is 4.79 Å². The maximum Gasteiger partial charge on any atom is 0.335 e. The summed E-state index contributed by atoms with van der Waals surface area (Å²) in [6.07, 6.45) is 3.17. The highest BCUT2D eigenvalue weighted by atomic mass is 32.1. The molecule has 0 atom stereocenters. The lowest BCUT2D eigenvalue weighted by Gasteiger charge is -2.22. The van der Waals surface area contributed by atoms with Gasteiger partial charge >= 0.3 is 5.97 Å². The predicted octanol–water partition coefficient (Wildman–Crippen LogP) is 3.99. The molecule has 2 N–H and O–H groups in total. The fraction of sp³-hybridized carbons (Fsp3) is 0.333. The number of aryl methyl sites for hydroxylation is 1. The van der Waals surface area contributed by atoms with Gasteiger partial charge < -0.3 is 15.3 Å². The molecule has 2 aromatic rings. The van der Waals surface area contributed by atoms with Gasteiger partial charge in [0, 0.05) is 25.3 Å². The molecule has 1 saturated heterocycles. The van der Waals surface area contributed by atoms with Crippen molar-refractivity contribution < 1.29 is 14.7 Å². The first kappa shape index (κ1) is 19.3. The molecular formula is C21H24N2O3S. The van der Waals surface area contributed by atoms with Crippen LogP contribution in [-0.4, -0.2) is 30.1 Å². The normalized spacial score (nSPS) is 13.6. The third-order valence-corrected chi connectivity index (χ3v) is 5.22. The minimum Gasteiger partial charge on any atom is -0.478 e. The van der Waals surface area contributed by atoms with Crippen LogP contribution in [0.4, 0.5) is 11.4 Å². The predicted molar refractivity (Wildman–Crippen MR) is 111 cm³/mol. The van der Waals surface area contributed by atoms with Gasteiger partial charge in [0.15, 0.2) is 0 Å². The molecule has 1 fully saturated rings. The molecular weight excluding hydrogens is 360 g/mol. The summed E-state index contributed by atoms with van der Waals surface area (Å²) in [5.74, 6) is -0.481. The highest BCUT2D eigenvalue weighted by Crippen LogP contribution is 2.30. The van der Waals surface area contributed by atoms with Crippen molar-refractivity contribution in [3.63, 3.8) is 0 Å². The number of hydrogen-bond donors (Lipinski definition) is 3. The van der Waals surface area contributed by atoms with Gasteiger partial charge in [-0.05, 0) is 48.6 Å². The molecule has 1 aliphatic rings. The lowest BCUT2D eigenvalue weighted by Crippen LogP contribution is -2.21. The van der Waals surface area contributed by atoms with Gasteiger partial charge in [-0.25, -0.2) is 4.79 Å². The van der Waals surface area contributed by atoms with Crippen LogP contribution in [-0.2, 0) is 17.0 Å². The van der Waals surface area contributed by atoms with Crippen LogP contribution in [0.5, 0.6) is 0 Å². The van der Waals surface area contributed by atoms with Crippen LogP contribution in [0.1, 0.15) is 40.7 Å². The van der Waals surface area contributed by atoms with Gasteiger partial charge in [0.25, 0.3) is 0 Å². The molecule has 1 aliphatic heterocycles. The second-order valence-corrected chi connectivity index (χ2v) is 7.02. The highest BCUT2D eigenvalue weighted by molar-refractivity contribution is 7.79. The van der Waals surface area contributed by atoms with Crippen LogP contribution in [0, 0.1) is 0 Å². The molecule has 142 valence electrons. The summed E-state index contributed by atoms with van der Waals surface area (Å²) in [6.45, 7) is 1.84. The van der Waals surface area contributed by atoms with Gasteiger partial charge in [-0.2, -0.15) is 12.6 Å². The van der Waals surface area contributed by atoms with Gasteiger partial charge in [0.1, 0.15) is 0 Å². The number of nitrogens with one attached hydrogen (secondary N) is 1. The minimum absolute atomic E-state index is 0.119. The molecule has 5 nitrogen and oxygen atoms in total. The summed E-state index contributed by atoms with van der Waals surface area (Å²) < 4.78 is 0. The number of rotatable bonds is 7.